The second-order valence-corrected chi connectivity index (χ2v) is 7.18. The summed E-state index contributed by atoms with van der Waals surface area (Å²) in [5.41, 5.74) is 1.85. The molecule has 25 heavy (non-hydrogen) atoms. The lowest BCUT2D eigenvalue weighted by molar-refractivity contribution is 0.0471. The van der Waals surface area contributed by atoms with Gasteiger partial charge in [0.2, 0.25) is 0 Å². The van der Waals surface area contributed by atoms with Crippen LogP contribution in [0.25, 0.3) is 10.8 Å². The summed E-state index contributed by atoms with van der Waals surface area (Å²) in [5, 5.41) is 5.09. The van der Waals surface area contributed by atoms with E-state index in [-0.39, 0.29) is 17.9 Å². The third-order valence-corrected chi connectivity index (χ3v) is 5.61. The maximum atomic E-state index is 13.2. The summed E-state index contributed by atoms with van der Waals surface area (Å²) in [6.07, 6.45) is 1.61. The number of carbonyl (C=O) groups excluding carboxylic acids is 2. The largest absolute Gasteiger partial charge is 0.386 e. The van der Waals surface area contributed by atoms with Crippen LogP contribution in [-0.2, 0) is 0 Å². The number of nitrogens with zero attached hydrogens (tertiary/aromatic N) is 2. The second kappa shape index (κ2) is 6.00. The topological polar surface area (TPSA) is 52.7 Å². The normalized spacial score (nSPS) is 18.9. The molecule has 1 fully saturated rings. The van der Waals surface area contributed by atoms with Crippen molar-refractivity contribution in [3.8, 4) is 0 Å². The van der Waals surface area contributed by atoms with Gasteiger partial charge >= 0.3 is 0 Å². The predicted octanol–water partition coefficient (Wildman–Crippen LogP) is 3.23. The molecule has 130 valence electrons. The van der Waals surface area contributed by atoms with Gasteiger partial charge in [-0.15, -0.1) is 0 Å². The van der Waals surface area contributed by atoms with Crippen LogP contribution in [0.15, 0.2) is 24.3 Å². The number of halogens is 1. The van der Waals surface area contributed by atoms with Crippen molar-refractivity contribution < 1.29 is 9.59 Å². The zero-order valence-corrected chi connectivity index (χ0v) is 15.1. The summed E-state index contributed by atoms with van der Waals surface area (Å²) < 4.78 is 0. The Kier molecular flexibility index (Phi) is 3.93. The number of likely N-dealkylation sites (tertiary alicyclic amines) is 1. The van der Waals surface area contributed by atoms with Gasteiger partial charge in [-0.3, -0.25) is 14.5 Å². The highest BCUT2D eigenvalue weighted by molar-refractivity contribution is 6.37. The molecular weight excluding hydrogens is 338 g/mol. The molecule has 0 aliphatic carbocycles. The fourth-order valence-corrected chi connectivity index (χ4v) is 4.29. The van der Waals surface area contributed by atoms with E-state index in [4.69, 9.17) is 11.6 Å². The first kappa shape index (κ1) is 16.4. The van der Waals surface area contributed by atoms with Crippen LogP contribution in [0.3, 0.4) is 0 Å². The molecule has 0 saturated carbocycles. The third kappa shape index (κ3) is 2.41. The summed E-state index contributed by atoms with van der Waals surface area (Å²) in [6, 6.07) is 7.18. The third-order valence-electron chi connectivity index (χ3n) is 5.31. The first-order chi connectivity index (χ1) is 12.0. The van der Waals surface area contributed by atoms with Gasteiger partial charge in [0.25, 0.3) is 11.8 Å². The van der Waals surface area contributed by atoms with Crippen molar-refractivity contribution in [3.05, 3.63) is 40.4 Å². The second-order valence-electron chi connectivity index (χ2n) is 6.77. The standard InChI is InChI=1S/C19H20ClN3O2/c1-21-17-12-4-3-5-13-16(12)14(10-15(17)20)19(25)23(18(13)24)11-6-8-22(2)9-7-11/h3-5,10-11,21H,6-9H2,1-2H3. The molecule has 1 saturated heterocycles. The fourth-order valence-electron chi connectivity index (χ4n) is 3.99. The van der Waals surface area contributed by atoms with Gasteiger partial charge < -0.3 is 10.2 Å². The van der Waals surface area contributed by atoms with E-state index in [9.17, 15) is 9.59 Å². The molecule has 4 rings (SSSR count). The fraction of sp³-hybridized carbons (Fsp3) is 0.368. The van der Waals surface area contributed by atoms with Crippen molar-refractivity contribution in [1.29, 1.82) is 0 Å². The maximum Gasteiger partial charge on any atom is 0.261 e. The molecule has 0 aromatic heterocycles. The van der Waals surface area contributed by atoms with Gasteiger partial charge in [-0.2, -0.15) is 0 Å². The van der Waals surface area contributed by atoms with Crippen LogP contribution in [0.2, 0.25) is 5.02 Å². The average molecular weight is 358 g/mol. The summed E-state index contributed by atoms with van der Waals surface area (Å²) in [6.45, 7) is 1.77. The van der Waals surface area contributed by atoms with Crippen molar-refractivity contribution in [2.24, 2.45) is 0 Å². The number of imide groups is 1. The minimum atomic E-state index is -0.229. The Morgan fingerprint density at radius 1 is 1.12 bits per heavy atom. The highest BCUT2D eigenvalue weighted by Crippen LogP contribution is 2.39. The molecule has 2 aromatic carbocycles. The molecule has 0 spiro atoms. The van der Waals surface area contributed by atoms with E-state index in [1.54, 1.807) is 19.2 Å². The summed E-state index contributed by atoms with van der Waals surface area (Å²) in [4.78, 5) is 30.0. The first-order valence-electron chi connectivity index (χ1n) is 8.52. The van der Waals surface area contributed by atoms with Crippen molar-refractivity contribution in [1.82, 2.24) is 9.80 Å². The molecule has 5 nitrogen and oxygen atoms in total. The lowest BCUT2D eigenvalue weighted by Crippen LogP contribution is -2.51. The van der Waals surface area contributed by atoms with Gasteiger partial charge in [0.05, 0.1) is 16.3 Å². The number of anilines is 1. The number of hydrogen-bond donors (Lipinski definition) is 1. The number of hydrogen-bond acceptors (Lipinski definition) is 4. The molecule has 0 unspecified atom stereocenters. The molecule has 2 aliphatic rings. The molecule has 0 bridgehead atoms. The highest BCUT2D eigenvalue weighted by atomic mass is 35.5. The number of nitrogens with one attached hydrogen (secondary N) is 1. The molecular formula is C19H20ClN3O2. The van der Waals surface area contributed by atoms with Crippen molar-refractivity contribution in [3.63, 3.8) is 0 Å². The summed E-state index contributed by atoms with van der Waals surface area (Å²) in [5.74, 6) is -0.421. The smallest absolute Gasteiger partial charge is 0.261 e. The monoisotopic (exact) mass is 357 g/mol. The van der Waals surface area contributed by atoms with Crippen molar-refractivity contribution >= 4 is 39.9 Å². The molecule has 2 aromatic rings. The maximum absolute atomic E-state index is 13.2. The minimum Gasteiger partial charge on any atom is -0.386 e. The van der Waals surface area contributed by atoms with E-state index in [0.717, 1.165) is 37.0 Å². The van der Waals surface area contributed by atoms with E-state index in [1.807, 2.05) is 12.1 Å². The number of carbonyl (C=O) groups is 2. The predicted molar refractivity (Wildman–Crippen MR) is 99.5 cm³/mol. The molecule has 6 heteroatoms. The van der Waals surface area contributed by atoms with E-state index >= 15 is 0 Å². The van der Waals surface area contributed by atoms with E-state index in [0.29, 0.717) is 21.5 Å². The lowest BCUT2D eigenvalue weighted by Gasteiger charge is -2.38. The number of piperidine rings is 1. The van der Waals surface area contributed by atoms with Gasteiger partial charge in [-0.1, -0.05) is 23.7 Å². The van der Waals surface area contributed by atoms with Crippen molar-refractivity contribution in [2.75, 3.05) is 32.5 Å². The Morgan fingerprint density at radius 2 is 1.80 bits per heavy atom. The van der Waals surface area contributed by atoms with Gasteiger partial charge in [0.1, 0.15) is 0 Å². The Labute approximate surface area is 151 Å². The molecule has 0 atom stereocenters. The lowest BCUT2D eigenvalue weighted by atomic mass is 9.90. The van der Waals surface area contributed by atoms with E-state index in [2.05, 4.69) is 17.3 Å². The summed E-state index contributed by atoms with van der Waals surface area (Å²) in [7, 11) is 3.85. The van der Waals surface area contributed by atoms with Crippen LogP contribution in [-0.4, -0.2) is 54.8 Å². The summed E-state index contributed by atoms with van der Waals surface area (Å²) >= 11 is 6.39. The van der Waals surface area contributed by atoms with Crippen molar-refractivity contribution in [2.45, 2.75) is 18.9 Å². The average Bonchev–Trinajstić information content (AvgIpc) is 2.61. The molecule has 2 amide bonds. The van der Waals surface area contributed by atoms with Crippen LogP contribution in [0.4, 0.5) is 5.69 Å². The van der Waals surface area contributed by atoms with Crippen LogP contribution in [0.1, 0.15) is 33.6 Å². The zero-order valence-electron chi connectivity index (χ0n) is 14.3. The van der Waals surface area contributed by atoms with Gasteiger partial charge in [-0.05, 0) is 45.1 Å². The van der Waals surface area contributed by atoms with Gasteiger partial charge in [0, 0.05) is 29.4 Å². The Morgan fingerprint density at radius 3 is 2.48 bits per heavy atom. The Hall–Kier alpha value is -2.11. The number of benzene rings is 2. The van der Waals surface area contributed by atoms with Crippen LogP contribution in [0, 0.1) is 0 Å². The number of amides is 2. The quantitative estimate of drug-likeness (QED) is 0.838. The minimum absolute atomic E-state index is 0.0534. The van der Waals surface area contributed by atoms with Crippen LogP contribution >= 0.6 is 11.6 Å². The van der Waals surface area contributed by atoms with E-state index in [1.165, 1.54) is 4.90 Å². The molecule has 2 aliphatic heterocycles. The van der Waals surface area contributed by atoms with Crippen LogP contribution in [0.5, 0.6) is 0 Å². The zero-order chi connectivity index (χ0) is 17.7. The SMILES string of the molecule is CNc1c(Cl)cc2c3c(cccc13)C(=O)N(C1CCN(C)CC1)C2=O. The Bertz CT molecular complexity index is 888. The van der Waals surface area contributed by atoms with Gasteiger partial charge in [-0.25, -0.2) is 0 Å². The Balaban J connectivity index is 1.88. The number of rotatable bonds is 2. The molecule has 2 heterocycles. The van der Waals surface area contributed by atoms with E-state index < -0.39 is 0 Å². The molecule has 0 radical (unpaired) electrons. The highest BCUT2D eigenvalue weighted by Gasteiger charge is 2.39. The van der Waals surface area contributed by atoms with Gasteiger partial charge in [0.15, 0.2) is 0 Å². The molecule has 1 N–H and O–H groups in total. The van der Waals surface area contributed by atoms with Crippen LogP contribution < -0.4 is 5.32 Å². The first-order valence-corrected chi connectivity index (χ1v) is 8.90.